The van der Waals surface area contributed by atoms with Crippen LogP contribution in [0.2, 0.25) is 0 Å². The maximum Gasteiger partial charge on any atom is 0.239 e. The molecule has 2 N–H and O–H groups in total. The van der Waals surface area contributed by atoms with Crippen molar-refractivity contribution in [1.29, 1.82) is 0 Å². The van der Waals surface area contributed by atoms with Crippen molar-refractivity contribution in [3.63, 3.8) is 0 Å². The van der Waals surface area contributed by atoms with Crippen LogP contribution >= 0.6 is 0 Å². The van der Waals surface area contributed by atoms with Gasteiger partial charge in [-0.25, -0.2) is 0 Å². The topological polar surface area (TPSA) is 55.6 Å². The zero-order valence-electron chi connectivity index (χ0n) is 8.87. The average Bonchev–Trinajstić information content (AvgIpc) is 2.45. The fourth-order valence-electron chi connectivity index (χ4n) is 1.64. The Morgan fingerprint density at radius 3 is 3.00 bits per heavy atom. The Morgan fingerprint density at radius 2 is 2.29 bits per heavy atom. The second kappa shape index (κ2) is 5.98. The Morgan fingerprint density at radius 1 is 1.50 bits per heavy atom. The lowest BCUT2D eigenvalue weighted by molar-refractivity contribution is -0.132. The molecule has 0 aromatic rings. The van der Waals surface area contributed by atoms with Crippen LogP contribution in [0.5, 0.6) is 0 Å². The number of hydrogen-bond donors (Lipinski definition) is 1. The van der Waals surface area contributed by atoms with Crippen LogP contribution in [-0.4, -0.2) is 43.2 Å². The molecule has 82 valence electrons. The monoisotopic (exact) mass is 200 g/mol. The van der Waals surface area contributed by atoms with Crippen molar-refractivity contribution < 1.29 is 9.53 Å². The molecule has 0 spiro atoms. The zero-order chi connectivity index (χ0) is 10.4. The molecule has 1 amide bonds. The molecule has 4 heteroatoms. The van der Waals surface area contributed by atoms with Crippen molar-refractivity contribution in [2.75, 3.05) is 26.3 Å². The number of nitrogens with zero attached hydrogens (tertiary/aromatic N) is 1. The molecule has 4 nitrogen and oxygen atoms in total. The maximum absolute atomic E-state index is 11.8. The number of carbonyl (C=O) groups is 1. The van der Waals surface area contributed by atoms with Crippen LogP contribution in [0.3, 0.4) is 0 Å². The van der Waals surface area contributed by atoms with E-state index in [1.165, 1.54) is 0 Å². The van der Waals surface area contributed by atoms with E-state index in [-0.39, 0.29) is 11.9 Å². The number of nitrogens with two attached hydrogens (primary N) is 1. The van der Waals surface area contributed by atoms with Crippen LogP contribution in [0.25, 0.3) is 0 Å². The molecule has 0 bridgehead atoms. The second-order valence-electron chi connectivity index (χ2n) is 3.69. The van der Waals surface area contributed by atoms with Crippen LogP contribution in [0.15, 0.2) is 0 Å². The minimum absolute atomic E-state index is 0.0809. The van der Waals surface area contributed by atoms with E-state index in [0.717, 1.165) is 32.4 Å². The van der Waals surface area contributed by atoms with Gasteiger partial charge in [-0.3, -0.25) is 4.79 Å². The van der Waals surface area contributed by atoms with Gasteiger partial charge in [-0.15, -0.1) is 0 Å². The van der Waals surface area contributed by atoms with Gasteiger partial charge in [0.2, 0.25) is 5.91 Å². The molecular weight excluding hydrogens is 180 g/mol. The summed E-state index contributed by atoms with van der Waals surface area (Å²) in [5.74, 6) is 0.0809. The average molecular weight is 200 g/mol. The summed E-state index contributed by atoms with van der Waals surface area (Å²) in [6, 6.07) is -0.321. The number of rotatable bonds is 3. The van der Waals surface area contributed by atoms with Crippen molar-refractivity contribution in [2.45, 2.75) is 32.2 Å². The lowest BCUT2D eigenvalue weighted by atomic mass is 10.1. The normalized spacial score (nSPS) is 20.3. The van der Waals surface area contributed by atoms with E-state index in [9.17, 15) is 4.79 Å². The highest BCUT2D eigenvalue weighted by Crippen LogP contribution is 2.04. The van der Waals surface area contributed by atoms with E-state index in [2.05, 4.69) is 0 Å². The molecule has 1 aliphatic rings. The van der Waals surface area contributed by atoms with Crippen LogP contribution in [0.4, 0.5) is 0 Å². The highest BCUT2D eigenvalue weighted by Gasteiger charge is 2.20. The first kappa shape index (κ1) is 11.5. The van der Waals surface area contributed by atoms with E-state index in [1.807, 2.05) is 11.8 Å². The third-order valence-corrected chi connectivity index (χ3v) is 2.45. The summed E-state index contributed by atoms with van der Waals surface area (Å²) in [7, 11) is 0. The maximum atomic E-state index is 11.8. The minimum Gasteiger partial charge on any atom is -0.380 e. The predicted molar refractivity (Wildman–Crippen MR) is 54.9 cm³/mol. The van der Waals surface area contributed by atoms with Gasteiger partial charge in [0.25, 0.3) is 0 Å². The number of ether oxygens (including phenoxy) is 1. The highest BCUT2D eigenvalue weighted by atomic mass is 16.5. The molecule has 1 saturated heterocycles. The quantitative estimate of drug-likeness (QED) is 0.715. The molecule has 0 unspecified atom stereocenters. The second-order valence-corrected chi connectivity index (χ2v) is 3.69. The lowest BCUT2D eigenvalue weighted by Gasteiger charge is -2.23. The molecule has 1 fully saturated rings. The molecule has 1 atom stereocenters. The van der Waals surface area contributed by atoms with Gasteiger partial charge in [-0.2, -0.15) is 0 Å². The molecule has 0 saturated carbocycles. The van der Waals surface area contributed by atoms with Crippen LogP contribution in [-0.2, 0) is 9.53 Å². The van der Waals surface area contributed by atoms with Crippen LogP contribution in [0, 0.1) is 0 Å². The summed E-state index contributed by atoms with van der Waals surface area (Å²) in [6.07, 6.45) is 2.65. The van der Waals surface area contributed by atoms with Gasteiger partial charge in [-0.1, -0.05) is 13.3 Å². The third-order valence-electron chi connectivity index (χ3n) is 2.45. The van der Waals surface area contributed by atoms with Gasteiger partial charge in [0.1, 0.15) is 0 Å². The molecule has 1 rings (SSSR count). The molecule has 0 radical (unpaired) electrons. The summed E-state index contributed by atoms with van der Waals surface area (Å²) in [5.41, 5.74) is 5.78. The fraction of sp³-hybridized carbons (Fsp3) is 0.900. The van der Waals surface area contributed by atoms with Crippen molar-refractivity contribution in [3.05, 3.63) is 0 Å². The first-order valence-electron chi connectivity index (χ1n) is 5.37. The molecule has 0 aliphatic carbocycles. The SMILES string of the molecule is CCC[C@@H](N)C(=O)N1CCCOCC1. The van der Waals surface area contributed by atoms with E-state index in [0.29, 0.717) is 13.2 Å². The predicted octanol–water partition coefficient (Wildman–Crippen LogP) is 0.363. The molecule has 14 heavy (non-hydrogen) atoms. The summed E-state index contributed by atoms with van der Waals surface area (Å²) < 4.78 is 5.28. The van der Waals surface area contributed by atoms with Crippen molar-refractivity contribution in [2.24, 2.45) is 5.73 Å². The summed E-state index contributed by atoms with van der Waals surface area (Å²) in [5, 5.41) is 0. The van der Waals surface area contributed by atoms with E-state index >= 15 is 0 Å². The molecule has 1 aliphatic heterocycles. The summed E-state index contributed by atoms with van der Waals surface area (Å²) in [6.45, 7) is 4.92. The van der Waals surface area contributed by atoms with Gasteiger partial charge < -0.3 is 15.4 Å². The van der Waals surface area contributed by atoms with E-state index < -0.39 is 0 Å². The Labute approximate surface area is 85.4 Å². The van der Waals surface area contributed by atoms with E-state index in [4.69, 9.17) is 10.5 Å². The van der Waals surface area contributed by atoms with Crippen LogP contribution in [0.1, 0.15) is 26.2 Å². The summed E-state index contributed by atoms with van der Waals surface area (Å²) >= 11 is 0. The molecule has 1 heterocycles. The van der Waals surface area contributed by atoms with Gasteiger partial charge in [0, 0.05) is 19.7 Å². The Hall–Kier alpha value is -0.610. The standard InChI is InChI=1S/C10H20N2O2/c1-2-4-9(11)10(13)12-5-3-7-14-8-6-12/h9H,2-8,11H2,1H3/t9-/m1/s1. The van der Waals surface area contributed by atoms with Crippen molar-refractivity contribution in [1.82, 2.24) is 4.90 Å². The Balaban J connectivity index is 2.40. The largest absolute Gasteiger partial charge is 0.380 e. The van der Waals surface area contributed by atoms with Gasteiger partial charge >= 0.3 is 0 Å². The zero-order valence-corrected chi connectivity index (χ0v) is 8.87. The fourth-order valence-corrected chi connectivity index (χ4v) is 1.64. The minimum atomic E-state index is -0.321. The van der Waals surface area contributed by atoms with Crippen molar-refractivity contribution >= 4 is 5.91 Å². The smallest absolute Gasteiger partial charge is 0.239 e. The number of amides is 1. The first-order chi connectivity index (χ1) is 6.75. The third kappa shape index (κ3) is 3.27. The number of carbonyl (C=O) groups excluding carboxylic acids is 1. The summed E-state index contributed by atoms with van der Waals surface area (Å²) in [4.78, 5) is 13.6. The Kier molecular flexibility index (Phi) is 4.90. The first-order valence-corrected chi connectivity index (χ1v) is 5.37. The Bertz CT molecular complexity index is 177. The van der Waals surface area contributed by atoms with Crippen molar-refractivity contribution in [3.8, 4) is 0 Å². The van der Waals surface area contributed by atoms with Gasteiger partial charge in [-0.05, 0) is 12.8 Å². The van der Waals surface area contributed by atoms with Gasteiger partial charge in [0.05, 0.1) is 12.6 Å². The van der Waals surface area contributed by atoms with Gasteiger partial charge in [0.15, 0.2) is 0 Å². The molecule has 0 aromatic carbocycles. The van der Waals surface area contributed by atoms with Crippen LogP contribution < -0.4 is 5.73 Å². The lowest BCUT2D eigenvalue weighted by Crippen LogP contribution is -2.44. The highest BCUT2D eigenvalue weighted by molar-refractivity contribution is 5.81. The molecule has 0 aromatic heterocycles. The number of hydrogen-bond acceptors (Lipinski definition) is 3. The van der Waals surface area contributed by atoms with E-state index in [1.54, 1.807) is 0 Å². The molecular formula is C10H20N2O2.